The van der Waals surface area contributed by atoms with E-state index in [1.54, 1.807) is 0 Å². The molecule has 4 heteroatoms. The molecule has 2 atom stereocenters. The molecule has 114 valence electrons. The Morgan fingerprint density at radius 3 is 2.43 bits per heavy atom. The summed E-state index contributed by atoms with van der Waals surface area (Å²) in [6.07, 6.45) is 0.819. The van der Waals surface area contributed by atoms with Gasteiger partial charge >= 0.3 is 0 Å². The maximum Gasteiger partial charge on any atom is 0.0644 e. The molecule has 0 aliphatic heterocycles. The topological polar surface area (TPSA) is 50.1 Å². The van der Waals surface area contributed by atoms with E-state index in [0.29, 0.717) is 0 Å². The number of rotatable bonds is 6. The second-order valence-corrected chi connectivity index (χ2v) is 5.67. The molecule has 0 aliphatic carbocycles. The number of nitrogens with zero attached hydrogens (tertiary/aromatic N) is 2. The van der Waals surface area contributed by atoms with Gasteiger partial charge in [-0.05, 0) is 32.8 Å². The Bertz CT molecular complexity index is 577. The predicted molar refractivity (Wildman–Crippen MR) is 85.3 cm³/mol. The second-order valence-electron chi connectivity index (χ2n) is 5.67. The van der Waals surface area contributed by atoms with E-state index in [2.05, 4.69) is 36.4 Å². The van der Waals surface area contributed by atoms with Gasteiger partial charge in [0.1, 0.15) is 0 Å². The minimum absolute atomic E-state index is 0.0430. The fraction of sp³-hybridized carbons (Fsp3) is 0.471. The number of hydrogen-bond donors (Lipinski definition) is 2. The van der Waals surface area contributed by atoms with Crippen molar-refractivity contribution < 1.29 is 5.11 Å². The average molecular weight is 287 g/mol. The Balaban J connectivity index is 2.07. The van der Waals surface area contributed by atoms with Crippen LogP contribution >= 0.6 is 0 Å². The summed E-state index contributed by atoms with van der Waals surface area (Å²) < 4.78 is 1.91. The Hall–Kier alpha value is -1.65. The highest BCUT2D eigenvalue weighted by atomic mass is 16.3. The zero-order valence-corrected chi connectivity index (χ0v) is 13.3. The van der Waals surface area contributed by atoms with Gasteiger partial charge in [-0.3, -0.25) is 4.68 Å². The maximum absolute atomic E-state index is 9.64. The van der Waals surface area contributed by atoms with Gasteiger partial charge in [0.05, 0.1) is 12.3 Å². The molecule has 4 nitrogen and oxygen atoms in total. The van der Waals surface area contributed by atoms with Crippen molar-refractivity contribution in [3.05, 3.63) is 52.8 Å². The summed E-state index contributed by atoms with van der Waals surface area (Å²) >= 11 is 0. The molecule has 21 heavy (non-hydrogen) atoms. The first kappa shape index (κ1) is 15.7. The van der Waals surface area contributed by atoms with Gasteiger partial charge in [0, 0.05) is 30.4 Å². The number of aromatic nitrogens is 2. The SMILES string of the molecule is Cc1nn(C)c(C)c1C(C)N[C@H](CO)Cc1ccccc1. The Morgan fingerprint density at radius 2 is 1.90 bits per heavy atom. The van der Waals surface area contributed by atoms with Crippen LogP contribution < -0.4 is 5.32 Å². The molecule has 0 saturated carbocycles. The molecule has 0 bridgehead atoms. The molecule has 1 heterocycles. The zero-order valence-electron chi connectivity index (χ0n) is 13.3. The highest BCUT2D eigenvalue weighted by Crippen LogP contribution is 2.21. The maximum atomic E-state index is 9.64. The fourth-order valence-electron chi connectivity index (χ4n) is 2.93. The van der Waals surface area contributed by atoms with Crippen LogP contribution in [0.4, 0.5) is 0 Å². The monoisotopic (exact) mass is 287 g/mol. The lowest BCUT2D eigenvalue weighted by Gasteiger charge is -2.22. The number of hydrogen-bond acceptors (Lipinski definition) is 3. The highest BCUT2D eigenvalue weighted by Gasteiger charge is 2.19. The zero-order chi connectivity index (χ0) is 15.4. The summed E-state index contributed by atoms with van der Waals surface area (Å²) in [7, 11) is 1.96. The molecule has 1 aromatic carbocycles. The fourth-order valence-corrected chi connectivity index (χ4v) is 2.93. The number of aryl methyl sites for hydroxylation is 2. The van der Waals surface area contributed by atoms with Gasteiger partial charge in [0.2, 0.25) is 0 Å². The quantitative estimate of drug-likeness (QED) is 0.857. The van der Waals surface area contributed by atoms with Crippen LogP contribution in [-0.4, -0.2) is 27.5 Å². The number of aliphatic hydroxyl groups excluding tert-OH is 1. The van der Waals surface area contributed by atoms with Crippen molar-refractivity contribution in [2.75, 3.05) is 6.61 Å². The van der Waals surface area contributed by atoms with Crippen LogP contribution in [0.5, 0.6) is 0 Å². The molecule has 0 aliphatic rings. The molecule has 2 aromatic rings. The lowest BCUT2D eigenvalue weighted by molar-refractivity contribution is 0.232. The summed E-state index contributed by atoms with van der Waals surface area (Å²) in [6, 6.07) is 10.5. The summed E-state index contributed by atoms with van der Waals surface area (Å²) in [5.41, 5.74) is 4.68. The third-order valence-electron chi connectivity index (χ3n) is 4.03. The normalized spacial score (nSPS) is 14.1. The minimum Gasteiger partial charge on any atom is -0.395 e. The molecular formula is C17H25N3O. The van der Waals surface area contributed by atoms with Crippen LogP contribution in [0.25, 0.3) is 0 Å². The lowest BCUT2D eigenvalue weighted by atomic mass is 10.0. The molecule has 0 saturated heterocycles. The van der Waals surface area contributed by atoms with E-state index in [0.717, 1.165) is 12.1 Å². The molecule has 0 fully saturated rings. The van der Waals surface area contributed by atoms with Crippen molar-refractivity contribution in [2.45, 2.75) is 39.3 Å². The predicted octanol–water partition coefficient (Wildman–Crippen LogP) is 2.29. The Morgan fingerprint density at radius 1 is 1.24 bits per heavy atom. The molecule has 0 amide bonds. The highest BCUT2D eigenvalue weighted by molar-refractivity contribution is 5.28. The van der Waals surface area contributed by atoms with E-state index < -0.39 is 0 Å². The van der Waals surface area contributed by atoms with Crippen LogP contribution in [-0.2, 0) is 13.5 Å². The van der Waals surface area contributed by atoms with E-state index in [4.69, 9.17) is 0 Å². The molecule has 2 N–H and O–H groups in total. The van der Waals surface area contributed by atoms with Gasteiger partial charge in [0.15, 0.2) is 0 Å². The van der Waals surface area contributed by atoms with E-state index in [9.17, 15) is 5.11 Å². The van der Waals surface area contributed by atoms with Crippen molar-refractivity contribution in [2.24, 2.45) is 7.05 Å². The summed E-state index contributed by atoms with van der Waals surface area (Å²) in [6.45, 7) is 6.37. The average Bonchev–Trinajstić information content (AvgIpc) is 2.72. The smallest absolute Gasteiger partial charge is 0.0644 e. The van der Waals surface area contributed by atoms with Crippen LogP contribution in [0, 0.1) is 13.8 Å². The summed E-state index contributed by atoms with van der Waals surface area (Å²) in [5.74, 6) is 0. The minimum atomic E-state index is 0.0430. The largest absolute Gasteiger partial charge is 0.395 e. The summed E-state index contributed by atoms with van der Waals surface area (Å²) in [5, 5.41) is 17.6. The van der Waals surface area contributed by atoms with Crippen molar-refractivity contribution >= 4 is 0 Å². The van der Waals surface area contributed by atoms with Gasteiger partial charge in [-0.2, -0.15) is 5.10 Å². The van der Waals surface area contributed by atoms with Crippen molar-refractivity contribution in [1.29, 1.82) is 0 Å². The number of nitrogens with one attached hydrogen (secondary N) is 1. The van der Waals surface area contributed by atoms with Crippen LogP contribution in [0.1, 0.15) is 35.5 Å². The molecule has 0 radical (unpaired) electrons. The van der Waals surface area contributed by atoms with Crippen molar-refractivity contribution in [3.8, 4) is 0 Å². The van der Waals surface area contributed by atoms with Gasteiger partial charge in [-0.25, -0.2) is 0 Å². The van der Waals surface area contributed by atoms with Gasteiger partial charge in [-0.1, -0.05) is 30.3 Å². The van der Waals surface area contributed by atoms with Gasteiger partial charge in [-0.15, -0.1) is 0 Å². The standard InChI is InChI=1S/C17H25N3O/c1-12(17-13(2)19-20(4)14(17)3)18-16(11-21)10-15-8-6-5-7-9-15/h5-9,12,16,18,21H,10-11H2,1-4H3/t12?,16-/m0/s1. The first-order valence-electron chi connectivity index (χ1n) is 7.43. The third-order valence-corrected chi connectivity index (χ3v) is 4.03. The molecule has 1 unspecified atom stereocenters. The number of benzene rings is 1. The van der Waals surface area contributed by atoms with E-state index in [-0.39, 0.29) is 18.7 Å². The van der Waals surface area contributed by atoms with E-state index >= 15 is 0 Å². The van der Waals surface area contributed by atoms with Gasteiger partial charge in [0.25, 0.3) is 0 Å². The van der Waals surface area contributed by atoms with Crippen LogP contribution in [0.2, 0.25) is 0 Å². The van der Waals surface area contributed by atoms with Gasteiger partial charge < -0.3 is 10.4 Å². The molecule has 2 rings (SSSR count). The first-order valence-corrected chi connectivity index (χ1v) is 7.43. The molecule has 1 aromatic heterocycles. The summed E-state index contributed by atoms with van der Waals surface area (Å²) in [4.78, 5) is 0. The number of aliphatic hydroxyl groups is 1. The van der Waals surface area contributed by atoms with Crippen LogP contribution in [0.15, 0.2) is 30.3 Å². The lowest BCUT2D eigenvalue weighted by Crippen LogP contribution is -2.36. The third kappa shape index (κ3) is 3.71. The molecular weight excluding hydrogens is 262 g/mol. The van der Waals surface area contributed by atoms with Crippen molar-refractivity contribution in [1.82, 2.24) is 15.1 Å². The van der Waals surface area contributed by atoms with E-state index in [1.165, 1.54) is 16.8 Å². The van der Waals surface area contributed by atoms with E-state index in [1.807, 2.05) is 36.9 Å². The van der Waals surface area contributed by atoms with Crippen LogP contribution in [0.3, 0.4) is 0 Å². The Labute approximate surface area is 126 Å². The first-order chi connectivity index (χ1) is 10.0. The van der Waals surface area contributed by atoms with Crippen molar-refractivity contribution in [3.63, 3.8) is 0 Å². The second kappa shape index (κ2) is 6.87. The Kier molecular flexibility index (Phi) is 5.15. The molecule has 0 spiro atoms.